The number of amides is 2. The third-order valence-corrected chi connectivity index (χ3v) is 4.54. The number of ether oxygens (including phenoxy) is 1. The number of hydrogen-bond acceptors (Lipinski definition) is 4. The molecule has 3 aromatic rings. The monoisotopic (exact) mass is 432 g/mol. The normalized spacial score (nSPS) is 11.6. The summed E-state index contributed by atoms with van der Waals surface area (Å²) in [5, 5.41) is 6.66. The van der Waals surface area contributed by atoms with Crippen molar-refractivity contribution in [1.29, 1.82) is 0 Å². The number of rotatable bonds is 6. The van der Waals surface area contributed by atoms with E-state index in [0.717, 1.165) is 6.07 Å². The second kappa shape index (κ2) is 9.27. The molecule has 0 aliphatic carbocycles. The molecule has 5 nitrogen and oxygen atoms in total. The van der Waals surface area contributed by atoms with E-state index >= 15 is 0 Å². The van der Waals surface area contributed by atoms with Crippen LogP contribution in [0.25, 0.3) is 6.08 Å². The number of alkyl halides is 3. The first-order chi connectivity index (χ1) is 14.3. The number of anilines is 1. The van der Waals surface area contributed by atoms with E-state index in [0.29, 0.717) is 10.4 Å². The van der Waals surface area contributed by atoms with Crippen LogP contribution in [0, 0.1) is 0 Å². The highest BCUT2D eigenvalue weighted by Gasteiger charge is 2.32. The third-order valence-electron chi connectivity index (χ3n) is 3.72. The van der Waals surface area contributed by atoms with Crippen LogP contribution >= 0.6 is 11.3 Å². The molecule has 0 saturated heterocycles. The summed E-state index contributed by atoms with van der Waals surface area (Å²) in [6, 6.07) is 16.8. The highest BCUT2D eigenvalue weighted by Crippen LogP contribution is 2.30. The van der Waals surface area contributed by atoms with Gasteiger partial charge in [0.2, 0.25) is 0 Å². The van der Waals surface area contributed by atoms with Crippen molar-refractivity contribution in [2.75, 3.05) is 5.32 Å². The third kappa shape index (κ3) is 5.95. The summed E-state index contributed by atoms with van der Waals surface area (Å²) in [5.74, 6) is -1.90. The Balaban J connectivity index is 1.86. The topological polar surface area (TPSA) is 67.4 Å². The lowest BCUT2D eigenvalue weighted by atomic mass is 10.2. The Morgan fingerprint density at radius 3 is 2.30 bits per heavy atom. The van der Waals surface area contributed by atoms with E-state index < -0.39 is 23.9 Å². The molecule has 0 aliphatic rings. The molecule has 0 aliphatic heterocycles. The van der Waals surface area contributed by atoms with Gasteiger partial charge in [-0.05, 0) is 41.8 Å². The van der Waals surface area contributed by atoms with Gasteiger partial charge in [0.05, 0.1) is 5.69 Å². The number of nitrogens with one attached hydrogen (secondary N) is 2. The molecule has 3 rings (SSSR count). The van der Waals surface area contributed by atoms with Crippen molar-refractivity contribution in [2.45, 2.75) is 6.36 Å². The maximum Gasteiger partial charge on any atom is 0.573 e. The summed E-state index contributed by atoms with van der Waals surface area (Å²) in [6.07, 6.45) is -3.48. The van der Waals surface area contributed by atoms with Crippen molar-refractivity contribution < 1.29 is 27.5 Å². The maximum absolute atomic E-state index is 12.8. The zero-order valence-electron chi connectivity index (χ0n) is 15.3. The van der Waals surface area contributed by atoms with Gasteiger partial charge >= 0.3 is 6.36 Å². The molecule has 0 saturated carbocycles. The van der Waals surface area contributed by atoms with E-state index in [1.54, 1.807) is 47.8 Å². The summed E-state index contributed by atoms with van der Waals surface area (Å²) in [7, 11) is 0. The van der Waals surface area contributed by atoms with Crippen molar-refractivity contribution in [3.05, 3.63) is 88.2 Å². The van der Waals surface area contributed by atoms with Crippen LogP contribution in [0.4, 0.5) is 18.9 Å². The highest BCUT2D eigenvalue weighted by molar-refractivity contribution is 7.10. The van der Waals surface area contributed by atoms with E-state index in [1.165, 1.54) is 35.6 Å². The molecule has 0 fully saturated rings. The van der Waals surface area contributed by atoms with Crippen LogP contribution in [0.5, 0.6) is 5.75 Å². The van der Waals surface area contributed by atoms with Crippen molar-refractivity contribution in [3.8, 4) is 5.75 Å². The molecule has 30 heavy (non-hydrogen) atoms. The van der Waals surface area contributed by atoms with Gasteiger partial charge < -0.3 is 15.4 Å². The number of para-hydroxylation sites is 2. The number of halogens is 3. The van der Waals surface area contributed by atoms with Crippen LogP contribution in [-0.4, -0.2) is 18.2 Å². The Morgan fingerprint density at radius 1 is 0.933 bits per heavy atom. The van der Waals surface area contributed by atoms with Crippen LogP contribution in [0.1, 0.15) is 15.2 Å². The quantitative estimate of drug-likeness (QED) is 0.536. The maximum atomic E-state index is 12.8. The molecule has 2 N–H and O–H groups in total. The van der Waals surface area contributed by atoms with Crippen molar-refractivity contribution in [2.24, 2.45) is 0 Å². The first kappa shape index (κ1) is 21.1. The number of carbonyl (C=O) groups excluding carboxylic acids is 2. The fourth-order valence-electron chi connectivity index (χ4n) is 2.43. The fraction of sp³-hybridized carbons (Fsp3) is 0.0476. The molecule has 2 aromatic carbocycles. The van der Waals surface area contributed by atoms with Gasteiger partial charge in [-0.15, -0.1) is 24.5 Å². The van der Waals surface area contributed by atoms with Gasteiger partial charge in [-0.3, -0.25) is 9.59 Å². The van der Waals surface area contributed by atoms with Gasteiger partial charge in [-0.1, -0.05) is 36.4 Å². The number of benzene rings is 2. The summed E-state index contributed by atoms with van der Waals surface area (Å²) >= 11 is 1.33. The number of carbonyl (C=O) groups is 2. The summed E-state index contributed by atoms with van der Waals surface area (Å²) in [5.41, 5.74) is 0.00200. The molecule has 1 heterocycles. The second-order valence-corrected chi connectivity index (χ2v) is 6.87. The molecule has 0 atom stereocenters. The Hall–Kier alpha value is -3.59. The summed E-state index contributed by atoms with van der Waals surface area (Å²) in [6.45, 7) is 0. The Labute approximate surface area is 173 Å². The predicted molar refractivity (Wildman–Crippen MR) is 108 cm³/mol. The minimum absolute atomic E-state index is 0.131. The molecule has 0 bridgehead atoms. The zero-order valence-corrected chi connectivity index (χ0v) is 16.1. The number of hydrogen-bond donors (Lipinski definition) is 2. The van der Waals surface area contributed by atoms with Gasteiger partial charge in [0.15, 0.2) is 5.75 Å². The highest BCUT2D eigenvalue weighted by atomic mass is 32.1. The minimum atomic E-state index is -4.92. The number of thiophene rings is 1. The predicted octanol–water partition coefficient (Wildman–Crippen LogP) is 5.06. The Morgan fingerprint density at radius 2 is 1.63 bits per heavy atom. The van der Waals surface area contributed by atoms with Crippen LogP contribution in [0.2, 0.25) is 0 Å². The standard InChI is InChI=1S/C21H15F3N2O3S/c22-21(23,24)29-18-11-5-4-10-16(18)25-20(28)17(13-15-9-6-12-30-15)26-19(27)14-7-2-1-3-8-14/h1-13H,(H,25,28)(H,26,27). The lowest BCUT2D eigenvalue weighted by Crippen LogP contribution is -2.31. The zero-order chi connectivity index (χ0) is 21.6. The van der Waals surface area contributed by atoms with Crippen molar-refractivity contribution >= 4 is 34.9 Å². The van der Waals surface area contributed by atoms with Crippen LogP contribution in [0.15, 0.2) is 77.8 Å². The van der Waals surface area contributed by atoms with Crippen LogP contribution in [-0.2, 0) is 4.79 Å². The van der Waals surface area contributed by atoms with E-state index in [1.807, 2.05) is 0 Å². The smallest absolute Gasteiger partial charge is 0.404 e. The van der Waals surface area contributed by atoms with E-state index in [-0.39, 0.29) is 11.4 Å². The van der Waals surface area contributed by atoms with Gasteiger partial charge in [0, 0.05) is 10.4 Å². The van der Waals surface area contributed by atoms with E-state index in [2.05, 4.69) is 15.4 Å². The molecular weight excluding hydrogens is 417 g/mol. The summed E-state index contributed by atoms with van der Waals surface area (Å²) < 4.78 is 41.8. The van der Waals surface area contributed by atoms with Crippen molar-refractivity contribution in [3.63, 3.8) is 0 Å². The largest absolute Gasteiger partial charge is 0.573 e. The Bertz CT molecular complexity index is 1050. The lowest BCUT2D eigenvalue weighted by Gasteiger charge is -2.15. The average Bonchev–Trinajstić information content (AvgIpc) is 3.21. The second-order valence-electron chi connectivity index (χ2n) is 5.89. The van der Waals surface area contributed by atoms with Gasteiger partial charge in [-0.2, -0.15) is 0 Å². The minimum Gasteiger partial charge on any atom is -0.404 e. The molecule has 9 heteroatoms. The van der Waals surface area contributed by atoms with Crippen LogP contribution < -0.4 is 15.4 Å². The molecule has 0 unspecified atom stereocenters. The lowest BCUT2D eigenvalue weighted by molar-refractivity contribution is -0.274. The SMILES string of the molecule is O=C(Nc1ccccc1OC(F)(F)F)C(=Cc1cccs1)NC(=O)c1ccccc1. The van der Waals surface area contributed by atoms with E-state index in [9.17, 15) is 22.8 Å². The van der Waals surface area contributed by atoms with Crippen LogP contribution in [0.3, 0.4) is 0 Å². The molecule has 154 valence electrons. The fourth-order valence-corrected chi connectivity index (χ4v) is 3.09. The molecule has 0 radical (unpaired) electrons. The van der Waals surface area contributed by atoms with E-state index in [4.69, 9.17) is 0 Å². The molecular formula is C21H15F3N2O3S. The van der Waals surface area contributed by atoms with Gasteiger partial charge in [0.1, 0.15) is 5.70 Å². The van der Waals surface area contributed by atoms with Gasteiger partial charge in [-0.25, -0.2) is 0 Å². The first-order valence-electron chi connectivity index (χ1n) is 8.59. The molecule has 0 spiro atoms. The Kier molecular flexibility index (Phi) is 6.53. The first-order valence-corrected chi connectivity index (χ1v) is 9.47. The molecule has 2 amide bonds. The van der Waals surface area contributed by atoms with Crippen molar-refractivity contribution in [1.82, 2.24) is 5.32 Å². The summed E-state index contributed by atoms with van der Waals surface area (Å²) in [4.78, 5) is 26.0. The average molecular weight is 432 g/mol. The molecule has 1 aromatic heterocycles. The van der Waals surface area contributed by atoms with Gasteiger partial charge in [0.25, 0.3) is 11.8 Å².